The van der Waals surface area contributed by atoms with E-state index in [1.807, 2.05) is 6.08 Å². The van der Waals surface area contributed by atoms with Crippen LogP contribution in [-0.2, 0) is 6.54 Å². The summed E-state index contributed by atoms with van der Waals surface area (Å²) in [5.41, 5.74) is 2.54. The molecule has 0 unspecified atom stereocenters. The molecule has 104 valence electrons. The fourth-order valence-corrected chi connectivity index (χ4v) is 2.58. The van der Waals surface area contributed by atoms with E-state index in [1.54, 1.807) is 0 Å². The van der Waals surface area contributed by atoms with Crippen LogP contribution in [0, 0.1) is 5.92 Å². The van der Waals surface area contributed by atoms with E-state index in [4.69, 9.17) is 0 Å². The summed E-state index contributed by atoms with van der Waals surface area (Å²) in [7, 11) is 0. The van der Waals surface area contributed by atoms with E-state index >= 15 is 0 Å². The molecular weight excluding hydrogens is 236 g/mol. The quantitative estimate of drug-likeness (QED) is 0.771. The van der Waals surface area contributed by atoms with Gasteiger partial charge < -0.3 is 10.4 Å². The molecule has 0 amide bonds. The van der Waals surface area contributed by atoms with Crippen LogP contribution in [-0.4, -0.2) is 36.2 Å². The van der Waals surface area contributed by atoms with Crippen LogP contribution in [0.15, 0.2) is 36.9 Å². The molecule has 0 aromatic heterocycles. The Morgan fingerprint density at radius 2 is 2.05 bits per heavy atom. The van der Waals surface area contributed by atoms with Crippen molar-refractivity contribution < 1.29 is 5.11 Å². The van der Waals surface area contributed by atoms with Gasteiger partial charge in [0.15, 0.2) is 0 Å². The topological polar surface area (TPSA) is 35.5 Å². The van der Waals surface area contributed by atoms with Crippen molar-refractivity contribution in [3.05, 3.63) is 42.5 Å². The molecule has 0 atom stereocenters. The highest BCUT2D eigenvalue weighted by atomic mass is 16.3. The molecule has 1 aromatic carbocycles. The molecular formula is C16H24N2O. The van der Waals surface area contributed by atoms with E-state index < -0.39 is 0 Å². The van der Waals surface area contributed by atoms with E-state index in [-0.39, 0.29) is 0 Å². The Labute approximate surface area is 115 Å². The van der Waals surface area contributed by atoms with E-state index in [1.165, 1.54) is 11.3 Å². The molecule has 3 nitrogen and oxygen atoms in total. The van der Waals surface area contributed by atoms with Crippen molar-refractivity contribution >= 4 is 5.69 Å². The summed E-state index contributed by atoms with van der Waals surface area (Å²) < 4.78 is 0. The number of piperidine rings is 1. The number of nitrogens with one attached hydrogen (secondary N) is 1. The fraction of sp³-hybridized carbons (Fsp3) is 0.500. The van der Waals surface area contributed by atoms with Crippen LogP contribution < -0.4 is 5.32 Å². The average Bonchev–Trinajstić information content (AvgIpc) is 2.47. The number of benzene rings is 1. The van der Waals surface area contributed by atoms with Gasteiger partial charge in [-0.25, -0.2) is 0 Å². The molecule has 1 fully saturated rings. The molecule has 0 bridgehead atoms. The molecule has 3 heteroatoms. The zero-order valence-electron chi connectivity index (χ0n) is 11.5. The third-order valence-corrected chi connectivity index (χ3v) is 3.81. The Bertz CT molecular complexity index is 397. The standard InChI is InChI=1S/C16H24N2O/c1-2-9-17-16-6-4-3-5-15(16)12-18-10-7-14(13-19)8-11-18/h2-6,14,17,19H,1,7-13H2. The summed E-state index contributed by atoms with van der Waals surface area (Å²) in [5.74, 6) is 0.505. The Kier molecular flexibility index (Phi) is 5.43. The van der Waals surface area contributed by atoms with Gasteiger partial charge in [-0.3, -0.25) is 4.90 Å². The zero-order valence-corrected chi connectivity index (χ0v) is 11.5. The van der Waals surface area contributed by atoms with Crippen LogP contribution in [0.2, 0.25) is 0 Å². The number of hydrogen-bond donors (Lipinski definition) is 2. The van der Waals surface area contributed by atoms with Crippen LogP contribution in [0.4, 0.5) is 5.69 Å². The largest absolute Gasteiger partial charge is 0.396 e. The van der Waals surface area contributed by atoms with Crippen LogP contribution in [0.3, 0.4) is 0 Å². The molecule has 1 heterocycles. The number of nitrogens with zero attached hydrogens (tertiary/aromatic N) is 1. The van der Waals surface area contributed by atoms with Crippen molar-refractivity contribution in [3.63, 3.8) is 0 Å². The van der Waals surface area contributed by atoms with Gasteiger partial charge in [-0.15, -0.1) is 6.58 Å². The van der Waals surface area contributed by atoms with Gasteiger partial charge in [0.05, 0.1) is 0 Å². The first-order chi connectivity index (χ1) is 9.33. The summed E-state index contributed by atoms with van der Waals surface area (Å²) in [6.07, 6.45) is 4.10. The first kappa shape index (κ1) is 14.1. The second kappa shape index (κ2) is 7.31. The molecule has 0 aliphatic carbocycles. The van der Waals surface area contributed by atoms with Gasteiger partial charge in [-0.1, -0.05) is 24.3 Å². The lowest BCUT2D eigenvalue weighted by Crippen LogP contribution is -2.34. The van der Waals surface area contributed by atoms with E-state index in [0.717, 1.165) is 39.0 Å². The number of hydrogen-bond acceptors (Lipinski definition) is 3. The van der Waals surface area contributed by atoms with Crippen molar-refractivity contribution in [3.8, 4) is 0 Å². The van der Waals surface area contributed by atoms with Crippen molar-refractivity contribution in [2.75, 3.05) is 31.6 Å². The second-order valence-electron chi connectivity index (χ2n) is 5.23. The van der Waals surface area contributed by atoms with Crippen LogP contribution >= 0.6 is 0 Å². The summed E-state index contributed by atoms with van der Waals surface area (Å²) in [6, 6.07) is 8.46. The fourth-order valence-electron chi connectivity index (χ4n) is 2.58. The molecule has 1 saturated heterocycles. The van der Waals surface area contributed by atoms with Gasteiger partial charge in [0.2, 0.25) is 0 Å². The van der Waals surface area contributed by atoms with Crippen molar-refractivity contribution in [2.45, 2.75) is 19.4 Å². The highest BCUT2D eigenvalue weighted by Gasteiger charge is 2.18. The Hall–Kier alpha value is -1.32. The number of aliphatic hydroxyl groups excluding tert-OH is 1. The number of rotatable bonds is 6. The molecule has 0 saturated carbocycles. The minimum absolute atomic E-state index is 0.339. The minimum Gasteiger partial charge on any atom is -0.396 e. The Morgan fingerprint density at radius 3 is 2.74 bits per heavy atom. The maximum Gasteiger partial charge on any atom is 0.0460 e. The van der Waals surface area contributed by atoms with Gasteiger partial charge >= 0.3 is 0 Å². The predicted octanol–water partition coefficient (Wildman–Crippen LogP) is 2.49. The molecule has 1 aromatic rings. The molecule has 2 N–H and O–H groups in total. The van der Waals surface area contributed by atoms with Gasteiger partial charge in [0.1, 0.15) is 0 Å². The molecule has 2 rings (SSSR count). The van der Waals surface area contributed by atoms with Crippen molar-refractivity contribution in [1.82, 2.24) is 4.90 Å². The van der Waals surface area contributed by atoms with Crippen molar-refractivity contribution in [1.29, 1.82) is 0 Å². The van der Waals surface area contributed by atoms with Crippen LogP contribution in [0.1, 0.15) is 18.4 Å². The first-order valence-electron chi connectivity index (χ1n) is 7.09. The monoisotopic (exact) mass is 260 g/mol. The number of likely N-dealkylation sites (tertiary alicyclic amines) is 1. The smallest absolute Gasteiger partial charge is 0.0460 e. The van der Waals surface area contributed by atoms with Crippen molar-refractivity contribution in [2.24, 2.45) is 5.92 Å². The molecule has 0 spiro atoms. The molecule has 1 aliphatic rings. The van der Waals surface area contributed by atoms with Gasteiger partial charge in [-0.2, -0.15) is 0 Å². The molecule has 19 heavy (non-hydrogen) atoms. The number of aliphatic hydroxyl groups is 1. The third kappa shape index (κ3) is 4.08. The maximum absolute atomic E-state index is 9.17. The number of para-hydroxylation sites is 1. The first-order valence-corrected chi connectivity index (χ1v) is 7.09. The lowest BCUT2D eigenvalue weighted by molar-refractivity contribution is 0.127. The Balaban J connectivity index is 1.93. The zero-order chi connectivity index (χ0) is 13.5. The number of anilines is 1. The van der Waals surface area contributed by atoms with Crippen LogP contribution in [0.5, 0.6) is 0 Å². The van der Waals surface area contributed by atoms with Gasteiger partial charge in [0.25, 0.3) is 0 Å². The molecule has 1 aliphatic heterocycles. The van der Waals surface area contributed by atoms with E-state index in [9.17, 15) is 5.11 Å². The normalized spacial score (nSPS) is 17.3. The highest BCUT2D eigenvalue weighted by molar-refractivity contribution is 5.51. The SMILES string of the molecule is C=CCNc1ccccc1CN1CCC(CO)CC1. The summed E-state index contributed by atoms with van der Waals surface area (Å²) >= 11 is 0. The average molecular weight is 260 g/mol. The van der Waals surface area contributed by atoms with Crippen LogP contribution in [0.25, 0.3) is 0 Å². The maximum atomic E-state index is 9.17. The highest BCUT2D eigenvalue weighted by Crippen LogP contribution is 2.21. The van der Waals surface area contributed by atoms with E-state index in [0.29, 0.717) is 12.5 Å². The third-order valence-electron chi connectivity index (χ3n) is 3.81. The summed E-state index contributed by atoms with van der Waals surface area (Å²) in [5, 5.41) is 12.6. The summed E-state index contributed by atoms with van der Waals surface area (Å²) in [6.45, 7) is 8.03. The summed E-state index contributed by atoms with van der Waals surface area (Å²) in [4.78, 5) is 2.47. The Morgan fingerprint density at radius 1 is 1.32 bits per heavy atom. The lowest BCUT2D eigenvalue weighted by atomic mass is 9.97. The van der Waals surface area contributed by atoms with Gasteiger partial charge in [0, 0.05) is 25.4 Å². The second-order valence-corrected chi connectivity index (χ2v) is 5.23. The van der Waals surface area contributed by atoms with Gasteiger partial charge in [-0.05, 0) is 43.5 Å². The molecule has 0 radical (unpaired) electrons. The minimum atomic E-state index is 0.339. The predicted molar refractivity (Wildman–Crippen MR) is 80.2 cm³/mol. The lowest BCUT2D eigenvalue weighted by Gasteiger charge is -2.31. The van der Waals surface area contributed by atoms with E-state index in [2.05, 4.69) is 41.1 Å².